The van der Waals surface area contributed by atoms with Crippen molar-refractivity contribution in [2.45, 2.75) is 63.4 Å². The van der Waals surface area contributed by atoms with Crippen molar-refractivity contribution in [2.75, 3.05) is 0 Å². The van der Waals surface area contributed by atoms with Gasteiger partial charge in [0.1, 0.15) is 25.0 Å². The van der Waals surface area contributed by atoms with Gasteiger partial charge in [-0.15, -0.1) is 0 Å². The molecule has 214 valence electrons. The number of benzene rings is 3. The molecule has 0 saturated carbocycles. The molecule has 1 aliphatic carbocycles. The first-order chi connectivity index (χ1) is 20.5. The van der Waals surface area contributed by atoms with Crippen molar-refractivity contribution in [1.29, 1.82) is 0 Å². The molecule has 5 atom stereocenters. The van der Waals surface area contributed by atoms with Gasteiger partial charge in [-0.25, -0.2) is 9.36 Å². The second-order valence-corrected chi connectivity index (χ2v) is 11.0. The molecular weight excluding hydrogens is 536 g/mol. The third-order valence-electron chi connectivity index (χ3n) is 8.34. The number of ether oxygens (including phenoxy) is 4. The minimum absolute atomic E-state index is 0.232. The van der Waals surface area contributed by atoms with Crippen LogP contribution in [0, 0.1) is 6.92 Å². The zero-order valence-electron chi connectivity index (χ0n) is 23.1. The van der Waals surface area contributed by atoms with Crippen molar-refractivity contribution in [2.24, 2.45) is 0 Å². The van der Waals surface area contributed by atoms with Crippen LogP contribution < -0.4 is 11.2 Å². The minimum Gasteiger partial charge on any atom is -0.367 e. The van der Waals surface area contributed by atoms with E-state index in [9.17, 15) is 14.4 Å². The number of aromatic nitrogens is 2. The summed E-state index contributed by atoms with van der Waals surface area (Å²) in [7, 11) is 0. The van der Waals surface area contributed by atoms with E-state index in [2.05, 4.69) is 6.07 Å². The summed E-state index contributed by atoms with van der Waals surface area (Å²) in [4.78, 5) is 40.1. The lowest BCUT2D eigenvalue weighted by molar-refractivity contribution is -0.210. The zero-order valence-corrected chi connectivity index (χ0v) is 23.1. The lowest BCUT2D eigenvalue weighted by Gasteiger charge is -2.37. The molecule has 2 saturated heterocycles. The Morgan fingerprint density at radius 3 is 2.55 bits per heavy atom. The maximum atomic E-state index is 13.7. The molecule has 0 amide bonds. The Labute approximate surface area is 241 Å². The number of carbonyl (C=O) groups is 1. The number of rotatable bonds is 8. The van der Waals surface area contributed by atoms with Crippen molar-refractivity contribution < 1.29 is 23.7 Å². The Morgan fingerprint density at radius 1 is 0.929 bits per heavy atom. The molecule has 1 aromatic heterocycles. The molecule has 3 heterocycles. The zero-order chi connectivity index (χ0) is 28.8. The average Bonchev–Trinajstić information content (AvgIpc) is 3.50. The Balaban J connectivity index is 1.18. The van der Waals surface area contributed by atoms with Gasteiger partial charge in [0.2, 0.25) is 0 Å². The van der Waals surface area contributed by atoms with Crippen LogP contribution in [-0.2, 0) is 43.7 Å². The fourth-order valence-electron chi connectivity index (χ4n) is 6.26. The summed E-state index contributed by atoms with van der Waals surface area (Å²) < 4.78 is 27.4. The van der Waals surface area contributed by atoms with Gasteiger partial charge in [0.25, 0.3) is 5.56 Å². The standard InChI is InChI=1S/C33H30N2O7/c1-21-17-34(32(38)35(30(21)37)20-39-18-22-8-3-2-4-9-22)31-28-29(33(42-31)26(36)12-7-13-27(33)41-28)40-19-23-14-15-24-10-5-6-11-25(24)16-23/h2-12,14-17,27-29,31H,13,18-20H2,1H3/t27-,28-,29+,31-,33+/m1/s1. The van der Waals surface area contributed by atoms with Crippen molar-refractivity contribution in [3.8, 4) is 0 Å². The molecule has 1 spiro atoms. The van der Waals surface area contributed by atoms with Crippen LogP contribution in [0.4, 0.5) is 0 Å². The van der Waals surface area contributed by atoms with E-state index < -0.39 is 41.4 Å². The monoisotopic (exact) mass is 566 g/mol. The Kier molecular flexibility index (Phi) is 6.74. The largest absolute Gasteiger partial charge is 0.367 e. The molecule has 3 aromatic carbocycles. The second-order valence-electron chi connectivity index (χ2n) is 11.0. The summed E-state index contributed by atoms with van der Waals surface area (Å²) in [5.74, 6) is -0.253. The molecule has 2 fully saturated rings. The fraction of sp³-hybridized carbons (Fsp3) is 0.303. The number of hydrogen-bond donors (Lipinski definition) is 0. The summed E-state index contributed by atoms with van der Waals surface area (Å²) in [6.07, 6.45) is 2.24. The van der Waals surface area contributed by atoms with Crippen molar-refractivity contribution in [3.05, 3.63) is 129 Å². The molecule has 2 bridgehead atoms. The number of nitrogens with zero attached hydrogens (tertiary/aromatic N) is 2. The highest BCUT2D eigenvalue weighted by Gasteiger charge is 2.71. The van der Waals surface area contributed by atoms with Crippen LogP contribution in [0.2, 0.25) is 0 Å². The van der Waals surface area contributed by atoms with E-state index in [0.717, 1.165) is 26.5 Å². The van der Waals surface area contributed by atoms with Crippen LogP contribution in [0.1, 0.15) is 29.3 Å². The van der Waals surface area contributed by atoms with Crippen LogP contribution in [0.3, 0.4) is 0 Å². The van der Waals surface area contributed by atoms with E-state index in [1.807, 2.05) is 66.7 Å². The molecule has 9 nitrogen and oxygen atoms in total. The quantitative estimate of drug-likeness (QED) is 0.320. The van der Waals surface area contributed by atoms with Crippen molar-refractivity contribution in [3.63, 3.8) is 0 Å². The van der Waals surface area contributed by atoms with E-state index in [1.165, 1.54) is 16.8 Å². The van der Waals surface area contributed by atoms with E-state index in [4.69, 9.17) is 18.9 Å². The lowest BCUT2D eigenvalue weighted by atomic mass is 9.82. The SMILES string of the molecule is Cc1cn([C@@H]2O[C@@]34C(=O)C=CC[C@H]3O[C@@H]2[C@@H]4OCc2ccc3ccccc3c2)c(=O)n(COCc2ccccc2)c1=O. The average molecular weight is 567 g/mol. The highest BCUT2D eigenvalue weighted by Crippen LogP contribution is 2.53. The summed E-state index contributed by atoms with van der Waals surface area (Å²) in [5, 5.41) is 2.21. The van der Waals surface area contributed by atoms with Gasteiger partial charge in [0.15, 0.2) is 17.6 Å². The van der Waals surface area contributed by atoms with Gasteiger partial charge in [-0.05, 0) is 47.4 Å². The van der Waals surface area contributed by atoms with Crippen LogP contribution >= 0.6 is 0 Å². The van der Waals surface area contributed by atoms with Gasteiger partial charge in [0, 0.05) is 11.8 Å². The number of fused-ring (bicyclic) bond motifs is 2. The predicted octanol–water partition coefficient (Wildman–Crippen LogP) is 3.80. The Morgan fingerprint density at radius 2 is 1.71 bits per heavy atom. The van der Waals surface area contributed by atoms with Gasteiger partial charge >= 0.3 is 5.69 Å². The number of aryl methyl sites for hydroxylation is 1. The topological polar surface area (TPSA) is 98.0 Å². The third kappa shape index (κ3) is 4.37. The van der Waals surface area contributed by atoms with Gasteiger partial charge in [-0.3, -0.25) is 14.2 Å². The normalized spacial score (nSPS) is 26.2. The minimum atomic E-state index is -1.39. The van der Waals surface area contributed by atoms with Gasteiger partial charge in [-0.1, -0.05) is 72.8 Å². The number of carbonyl (C=O) groups excluding carboxylic acids is 1. The highest BCUT2D eigenvalue weighted by molar-refractivity contribution is 6.00. The molecule has 0 N–H and O–H groups in total. The Bertz CT molecular complexity index is 1810. The van der Waals surface area contributed by atoms with E-state index >= 15 is 0 Å². The number of ketones is 1. The predicted molar refractivity (Wildman–Crippen MR) is 154 cm³/mol. The molecule has 0 radical (unpaired) electrons. The molecule has 7 rings (SSSR count). The molecule has 0 unspecified atom stereocenters. The summed E-state index contributed by atoms with van der Waals surface area (Å²) in [5.41, 5.74) is -0.255. The summed E-state index contributed by atoms with van der Waals surface area (Å²) in [6.45, 7) is 1.87. The molecule has 2 aliphatic heterocycles. The first kappa shape index (κ1) is 26.7. The molecule has 4 aromatic rings. The highest BCUT2D eigenvalue weighted by atomic mass is 16.7. The lowest BCUT2D eigenvalue weighted by Crippen LogP contribution is -2.55. The summed E-state index contributed by atoms with van der Waals surface area (Å²) >= 11 is 0. The Hall–Kier alpha value is -4.15. The van der Waals surface area contributed by atoms with Crippen LogP contribution in [0.5, 0.6) is 0 Å². The van der Waals surface area contributed by atoms with Crippen molar-refractivity contribution in [1.82, 2.24) is 9.13 Å². The first-order valence-electron chi connectivity index (χ1n) is 14.0. The van der Waals surface area contributed by atoms with E-state index in [-0.39, 0.29) is 25.7 Å². The molecule has 42 heavy (non-hydrogen) atoms. The molecular formula is C33H30N2O7. The van der Waals surface area contributed by atoms with Crippen LogP contribution in [-0.4, -0.2) is 38.8 Å². The molecule has 3 aliphatic rings. The number of hydrogen-bond acceptors (Lipinski definition) is 7. The van der Waals surface area contributed by atoms with Gasteiger partial charge < -0.3 is 18.9 Å². The first-order valence-corrected chi connectivity index (χ1v) is 14.0. The van der Waals surface area contributed by atoms with Crippen molar-refractivity contribution >= 4 is 16.6 Å². The maximum absolute atomic E-state index is 13.7. The summed E-state index contributed by atoms with van der Waals surface area (Å²) in [6, 6.07) is 23.7. The van der Waals surface area contributed by atoms with E-state index in [1.54, 1.807) is 13.0 Å². The van der Waals surface area contributed by atoms with Gasteiger partial charge in [0.05, 0.1) is 13.2 Å². The fourth-order valence-corrected chi connectivity index (χ4v) is 6.26. The smallest absolute Gasteiger partial charge is 0.335 e. The van der Waals surface area contributed by atoms with Crippen LogP contribution in [0.25, 0.3) is 10.8 Å². The second kappa shape index (κ2) is 10.6. The van der Waals surface area contributed by atoms with E-state index in [0.29, 0.717) is 12.0 Å². The maximum Gasteiger partial charge on any atom is 0.335 e. The van der Waals surface area contributed by atoms with Gasteiger partial charge in [-0.2, -0.15) is 0 Å². The molecule has 9 heteroatoms. The third-order valence-corrected chi connectivity index (χ3v) is 8.34. The van der Waals surface area contributed by atoms with Crippen LogP contribution in [0.15, 0.2) is 101 Å².